The average Bonchev–Trinajstić information content (AvgIpc) is 3.01. The van der Waals surface area contributed by atoms with Gasteiger partial charge in [-0.05, 0) is 30.5 Å². The van der Waals surface area contributed by atoms with Crippen molar-refractivity contribution in [2.45, 2.75) is 44.7 Å². The Morgan fingerprint density at radius 2 is 1.79 bits per heavy atom. The molecule has 0 saturated carbocycles. The van der Waals surface area contributed by atoms with Gasteiger partial charge >= 0.3 is 25.0 Å². The van der Waals surface area contributed by atoms with Crippen LogP contribution in [0, 0.1) is 11.7 Å². The van der Waals surface area contributed by atoms with E-state index in [0.29, 0.717) is 4.47 Å². The third-order valence-corrected chi connectivity index (χ3v) is 5.29. The molecule has 0 aliphatic carbocycles. The van der Waals surface area contributed by atoms with E-state index in [0.717, 1.165) is 6.07 Å². The normalized spacial score (nSPS) is 15.6. The number of halogens is 2. The van der Waals surface area contributed by atoms with Crippen molar-refractivity contribution in [3.63, 3.8) is 0 Å². The predicted octanol–water partition coefficient (Wildman–Crippen LogP) is 1.14. The zero-order chi connectivity index (χ0) is 25.6. The van der Waals surface area contributed by atoms with Gasteiger partial charge in [0, 0.05) is 4.47 Å². The Hall–Kier alpha value is -3.00. The number of amides is 2. The van der Waals surface area contributed by atoms with E-state index in [1.807, 2.05) is 0 Å². The van der Waals surface area contributed by atoms with E-state index in [9.17, 15) is 28.4 Å². The lowest BCUT2D eigenvalue weighted by Gasteiger charge is -2.24. The number of carbonyl (C=O) groups excluding carboxylic acids is 3. The summed E-state index contributed by atoms with van der Waals surface area (Å²) in [5.41, 5.74) is -2.52. The SMILES string of the molecule is CC(C)C[C@H](NC(=O)CNC(=O)c1cc(Br)ccc1F)B1OC(=O)C(CC(=O)O)(CC(=O)O)O1. The van der Waals surface area contributed by atoms with Crippen LogP contribution in [0.15, 0.2) is 22.7 Å². The molecule has 4 N–H and O–H groups in total. The number of aliphatic carboxylic acids is 2. The molecule has 1 aromatic rings. The zero-order valence-electron chi connectivity index (χ0n) is 18.3. The Kier molecular flexibility index (Phi) is 9.16. The molecule has 184 valence electrons. The van der Waals surface area contributed by atoms with Gasteiger partial charge < -0.3 is 30.2 Å². The smallest absolute Gasteiger partial charge is 0.506 e. The van der Waals surface area contributed by atoms with Gasteiger partial charge in [0.25, 0.3) is 5.91 Å². The second kappa shape index (κ2) is 11.4. The minimum atomic E-state index is -2.24. The second-order valence-corrected chi connectivity index (χ2v) is 9.05. The van der Waals surface area contributed by atoms with Crippen LogP contribution in [0.3, 0.4) is 0 Å². The molecule has 11 nitrogen and oxygen atoms in total. The van der Waals surface area contributed by atoms with Crippen molar-refractivity contribution >= 4 is 52.8 Å². The van der Waals surface area contributed by atoms with Crippen LogP contribution in [0.5, 0.6) is 0 Å². The molecule has 2 amide bonds. The van der Waals surface area contributed by atoms with Gasteiger partial charge in [-0.2, -0.15) is 0 Å². The summed E-state index contributed by atoms with van der Waals surface area (Å²) in [7, 11) is -1.45. The Labute approximate surface area is 202 Å². The minimum absolute atomic E-state index is 0.0492. The molecule has 1 atom stereocenters. The minimum Gasteiger partial charge on any atom is -0.506 e. The van der Waals surface area contributed by atoms with Crippen molar-refractivity contribution < 1.29 is 47.9 Å². The van der Waals surface area contributed by atoms with Gasteiger partial charge in [-0.25, -0.2) is 4.39 Å². The highest BCUT2D eigenvalue weighted by Gasteiger charge is 2.57. The Bertz CT molecular complexity index is 975. The fourth-order valence-corrected chi connectivity index (χ4v) is 3.74. The molecule has 1 heterocycles. The van der Waals surface area contributed by atoms with Crippen LogP contribution in [0.25, 0.3) is 0 Å². The van der Waals surface area contributed by atoms with Gasteiger partial charge in [-0.15, -0.1) is 0 Å². The monoisotopic (exact) mass is 544 g/mol. The third kappa shape index (κ3) is 7.25. The summed E-state index contributed by atoms with van der Waals surface area (Å²) in [6, 6.07) is 3.75. The fraction of sp³-hybridized carbons (Fsp3) is 0.450. The standard InChI is InChI=1S/C20H23BBrFN2O9/c1-10(2)5-14(21-33-19(32)20(34-21,7-16(27)28)8-17(29)30)25-15(26)9-24-18(31)12-6-11(22)3-4-13(12)23/h3-4,6,10,14H,5,7-9H2,1-2H3,(H,24,31)(H,25,26)(H,27,28)(H,29,30)/t14-/m0/s1. The van der Waals surface area contributed by atoms with Crippen LogP contribution in [-0.2, 0) is 28.5 Å². The molecule has 0 aromatic heterocycles. The van der Waals surface area contributed by atoms with Gasteiger partial charge in [0.15, 0.2) is 5.60 Å². The second-order valence-electron chi connectivity index (χ2n) is 8.14. The predicted molar refractivity (Wildman–Crippen MR) is 118 cm³/mol. The Balaban J connectivity index is 2.10. The van der Waals surface area contributed by atoms with E-state index in [-0.39, 0.29) is 17.9 Å². The van der Waals surface area contributed by atoms with Crippen molar-refractivity contribution in [1.29, 1.82) is 0 Å². The number of hydrogen-bond acceptors (Lipinski definition) is 7. The molecular formula is C20H23BBrFN2O9. The lowest BCUT2D eigenvalue weighted by molar-refractivity contribution is -0.157. The number of benzene rings is 1. The Morgan fingerprint density at radius 1 is 1.18 bits per heavy atom. The highest BCUT2D eigenvalue weighted by atomic mass is 79.9. The maximum Gasteiger partial charge on any atom is 0.552 e. The number of hydrogen-bond donors (Lipinski definition) is 4. The maximum atomic E-state index is 13.9. The lowest BCUT2D eigenvalue weighted by atomic mass is 9.74. The van der Waals surface area contributed by atoms with Crippen molar-refractivity contribution in [3.05, 3.63) is 34.1 Å². The third-order valence-electron chi connectivity index (χ3n) is 4.79. The first-order chi connectivity index (χ1) is 15.8. The number of carbonyl (C=O) groups is 5. The largest absolute Gasteiger partial charge is 0.552 e. The molecule has 0 spiro atoms. The van der Waals surface area contributed by atoms with Crippen LogP contribution in [0.1, 0.15) is 43.5 Å². The highest BCUT2D eigenvalue weighted by molar-refractivity contribution is 9.10. The molecule has 0 bridgehead atoms. The molecule has 2 rings (SSSR count). The van der Waals surface area contributed by atoms with Gasteiger partial charge in [-0.1, -0.05) is 29.8 Å². The molecule has 1 aromatic carbocycles. The van der Waals surface area contributed by atoms with Crippen molar-refractivity contribution in [2.24, 2.45) is 5.92 Å². The van der Waals surface area contributed by atoms with Gasteiger partial charge in [-0.3, -0.25) is 24.0 Å². The summed E-state index contributed by atoms with van der Waals surface area (Å²) in [6.07, 6.45) is -1.66. The Morgan fingerprint density at radius 3 is 2.35 bits per heavy atom. The summed E-state index contributed by atoms with van der Waals surface area (Å²) in [5.74, 6) is -7.45. The number of carboxylic acid groups (broad SMARTS) is 2. The van der Waals surface area contributed by atoms with E-state index in [1.165, 1.54) is 12.1 Å². The molecular weight excluding hydrogens is 522 g/mol. The summed E-state index contributed by atoms with van der Waals surface area (Å²) in [4.78, 5) is 59.5. The molecule has 1 aliphatic rings. The first-order valence-corrected chi connectivity index (χ1v) is 11.0. The van der Waals surface area contributed by atoms with Gasteiger partial charge in [0.1, 0.15) is 5.82 Å². The van der Waals surface area contributed by atoms with Crippen molar-refractivity contribution in [3.8, 4) is 0 Å². The molecule has 0 radical (unpaired) electrons. The van der Waals surface area contributed by atoms with Crippen LogP contribution in [0.2, 0.25) is 0 Å². The van der Waals surface area contributed by atoms with Crippen LogP contribution < -0.4 is 10.6 Å². The summed E-state index contributed by atoms with van der Waals surface area (Å²) >= 11 is 3.13. The van der Waals surface area contributed by atoms with E-state index in [2.05, 4.69) is 26.6 Å². The average molecular weight is 545 g/mol. The van der Waals surface area contributed by atoms with Crippen LogP contribution in [0.4, 0.5) is 4.39 Å². The lowest BCUT2D eigenvalue weighted by Crippen LogP contribution is -2.51. The van der Waals surface area contributed by atoms with Crippen LogP contribution >= 0.6 is 15.9 Å². The number of rotatable bonds is 11. The van der Waals surface area contributed by atoms with Gasteiger partial charge in [0.05, 0.1) is 30.9 Å². The molecule has 1 fully saturated rings. The summed E-state index contributed by atoms with van der Waals surface area (Å²) < 4.78 is 24.9. The zero-order valence-corrected chi connectivity index (χ0v) is 19.9. The summed E-state index contributed by atoms with van der Waals surface area (Å²) in [6.45, 7) is 3.06. The number of carboxylic acids is 2. The van der Waals surface area contributed by atoms with Gasteiger partial charge in [0.2, 0.25) is 5.91 Å². The van der Waals surface area contributed by atoms with E-state index in [1.54, 1.807) is 13.8 Å². The fourth-order valence-electron chi connectivity index (χ4n) is 3.38. The summed E-state index contributed by atoms with van der Waals surface area (Å²) in [5, 5.41) is 23.0. The highest BCUT2D eigenvalue weighted by Crippen LogP contribution is 2.32. The number of nitrogens with one attached hydrogen (secondary N) is 2. The molecule has 34 heavy (non-hydrogen) atoms. The maximum absolute atomic E-state index is 13.9. The molecule has 1 aliphatic heterocycles. The first-order valence-electron chi connectivity index (χ1n) is 10.2. The quantitative estimate of drug-likeness (QED) is 0.298. The molecule has 0 unspecified atom stereocenters. The van der Waals surface area contributed by atoms with Crippen LogP contribution in [-0.4, -0.2) is 65.1 Å². The van der Waals surface area contributed by atoms with Crippen molar-refractivity contribution in [2.75, 3.05) is 6.54 Å². The molecule has 1 saturated heterocycles. The van der Waals surface area contributed by atoms with E-state index >= 15 is 0 Å². The van der Waals surface area contributed by atoms with E-state index in [4.69, 9.17) is 19.5 Å². The topological polar surface area (TPSA) is 168 Å². The first kappa shape index (κ1) is 27.3. The molecule has 14 heteroatoms. The van der Waals surface area contributed by atoms with Crippen molar-refractivity contribution in [1.82, 2.24) is 10.6 Å². The van der Waals surface area contributed by atoms with E-state index < -0.39 is 73.6 Å².